The van der Waals surface area contributed by atoms with E-state index in [0.29, 0.717) is 15.7 Å². The van der Waals surface area contributed by atoms with Crippen LogP contribution in [0, 0.1) is 0 Å². The van der Waals surface area contributed by atoms with Crippen molar-refractivity contribution in [3.8, 4) is 0 Å². The number of hydrogen-bond acceptors (Lipinski definition) is 5. The lowest BCUT2D eigenvalue weighted by Crippen LogP contribution is -2.24. The fraction of sp³-hybridized carbons (Fsp3) is 0.286. The Labute approximate surface area is 143 Å². The monoisotopic (exact) mass is 400 g/mol. The van der Waals surface area contributed by atoms with Gasteiger partial charge >= 0.3 is 0 Å². The molecule has 0 fully saturated rings. The molecule has 0 spiro atoms. The molecule has 2 rings (SSSR count). The molecule has 23 heavy (non-hydrogen) atoms. The van der Waals surface area contributed by atoms with Crippen LogP contribution in [-0.4, -0.2) is 36.6 Å². The second-order valence-electron chi connectivity index (χ2n) is 5.05. The smallest absolute Gasteiger partial charge is 0.282 e. The fourth-order valence-electron chi connectivity index (χ4n) is 1.92. The summed E-state index contributed by atoms with van der Waals surface area (Å²) in [6.07, 6.45) is 1.51. The highest BCUT2D eigenvalue weighted by Gasteiger charge is 2.20. The summed E-state index contributed by atoms with van der Waals surface area (Å²) in [5, 5.41) is 6.98. The Kier molecular flexibility index (Phi) is 5.23. The van der Waals surface area contributed by atoms with Crippen LogP contribution in [0.4, 0.5) is 5.69 Å². The number of anilines is 1. The van der Waals surface area contributed by atoms with E-state index in [1.165, 1.54) is 29.3 Å². The molecule has 1 aromatic carbocycles. The van der Waals surface area contributed by atoms with Crippen molar-refractivity contribution in [3.05, 3.63) is 50.9 Å². The highest BCUT2D eigenvalue weighted by Crippen LogP contribution is 2.21. The van der Waals surface area contributed by atoms with Crippen LogP contribution in [-0.2, 0) is 23.6 Å². The SMILES string of the molecule is CN(C)S(=O)(=O)c1ccccc1CNc1cnn(C)c(=O)c1Br. The number of aryl methyl sites for hydroxylation is 1. The van der Waals surface area contributed by atoms with Crippen LogP contribution in [0.2, 0.25) is 0 Å². The summed E-state index contributed by atoms with van der Waals surface area (Å²) in [6, 6.07) is 6.73. The van der Waals surface area contributed by atoms with E-state index in [1.807, 2.05) is 0 Å². The standard InChI is InChI=1S/C14H17BrN4O3S/c1-18(2)23(21,22)12-7-5-4-6-10(12)8-16-11-9-17-19(3)14(20)13(11)15/h4-7,9,16H,8H2,1-3H3. The van der Waals surface area contributed by atoms with Gasteiger partial charge in [0.2, 0.25) is 10.0 Å². The number of benzene rings is 1. The highest BCUT2D eigenvalue weighted by atomic mass is 79.9. The minimum atomic E-state index is -3.54. The van der Waals surface area contributed by atoms with Crippen molar-refractivity contribution >= 4 is 31.6 Å². The average molecular weight is 401 g/mol. The molecule has 7 nitrogen and oxygen atoms in total. The molecule has 1 heterocycles. The number of rotatable bonds is 5. The maximum Gasteiger partial charge on any atom is 0.282 e. The molecule has 0 aliphatic rings. The largest absolute Gasteiger partial charge is 0.379 e. The third kappa shape index (κ3) is 3.62. The van der Waals surface area contributed by atoms with E-state index < -0.39 is 10.0 Å². The Hall–Kier alpha value is -1.71. The van der Waals surface area contributed by atoms with E-state index in [2.05, 4.69) is 26.3 Å². The molecule has 0 amide bonds. The molecule has 0 radical (unpaired) electrons. The summed E-state index contributed by atoms with van der Waals surface area (Å²) in [5.41, 5.74) is 0.836. The lowest BCUT2D eigenvalue weighted by molar-refractivity contribution is 0.520. The molecule has 124 valence electrons. The second-order valence-corrected chi connectivity index (χ2v) is 7.96. The van der Waals surface area contributed by atoms with Gasteiger partial charge in [-0.15, -0.1) is 0 Å². The normalized spacial score (nSPS) is 11.7. The Morgan fingerprint density at radius 1 is 1.30 bits per heavy atom. The van der Waals surface area contributed by atoms with E-state index in [9.17, 15) is 13.2 Å². The molecule has 0 bridgehead atoms. The van der Waals surface area contributed by atoms with Crippen molar-refractivity contribution < 1.29 is 8.42 Å². The summed E-state index contributed by atoms with van der Waals surface area (Å²) >= 11 is 3.22. The first-order valence-corrected chi connectivity index (χ1v) is 8.94. The van der Waals surface area contributed by atoms with Gasteiger partial charge in [0.1, 0.15) is 4.47 Å². The van der Waals surface area contributed by atoms with Gasteiger partial charge in [0, 0.05) is 27.7 Å². The molecule has 0 saturated heterocycles. The van der Waals surface area contributed by atoms with E-state index in [1.54, 1.807) is 31.3 Å². The second kappa shape index (κ2) is 6.81. The van der Waals surface area contributed by atoms with Gasteiger partial charge in [-0.25, -0.2) is 17.4 Å². The first-order valence-electron chi connectivity index (χ1n) is 6.71. The van der Waals surface area contributed by atoms with E-state index in [-0.39, 0.29) is 17.0 Å². The Morgan fingerprint density at radius 3 is 2.61 bits per heavy atom. The zero-order chi connectivity index (χ0) is 17.2. The first kappa shape index (κ1) is 17.6. The topological polar surface area (TPSA) is 84.3 Å². The van der Waals surface area contributed by atoms with Gasteiger partial charge in [0.05, 0.1) is 16.8 Å². The van der Waals surface area contributed by atoms with E-state index >= 15 is 0 Å². The zero-order valence-electron chi connectivity index (χ0n) is 12.9. The Bertz CT molecular complexity index is 878. The number of nitrogens with one attached hydrogen (secondary N) is 1. The molecule has 0 saturated carbocycles. The summed E-state index contributed by atoms with van der Waals surface area (Å²) in [4.78, 5) is 12.1. The van der Waals surface area contributed by atoms with Crippen molar-refractivity contribution in [1.82, 2.24) is 14.1 Å². The van der Waals surface area contributed by atoms with Crippen molar-refractivity contribution in [1.29, 1.82) is 0 Å². The molecule has 1 N–H and O–H groups in total. The van der Waals surface area contributed by atoms with Gasteiger partial charge in [-0.05, 0) is 27.6 Å². The summed E-state index contributed by atoms with van der Waals surface area (Å²) in [5.74, 6) is 0. The zero-order valence-corrected chi connectivity index (χ0v) is 15.3. The maximum atomic E-state index is 12.4. The van der Waals surface area contributed by atoms with Crippen molar-refractivity contribution in [2.75, 3.05) is 19.4 Å². The Morgan fingerprint density at radius 2 is 1.96 bits per heavy atom. The molecule has 0 atom stereocenters. The number of halogens is 1. The third-order valence-electron chi connectivity index (χ3n) is 3.28. The lowest BCUT2D eigenvalue weighted by atomic mass is 10.2. The summed E-state index contributed by atoms with van der Waals surface area (Å²) in [6.45, 7) is 0.247. The number of hydrogen-bond donors (Lipinski definition) is 1. The van der Waals surface area contributed by atoms with Gasteiger partial charge in [-0.1, -0.05) is 18.2 Å². The Balaban J connectivity index is 2.33. The van der Waals surface area contributed by atoms with Gasteiger partial charge in [-0.3, -0.25) is 4.79 Å². The van der Waals surface area contributed by atoms with Gasteiger partial charge in [0.15, 0.2) is 0 Å². The van der Waals surface area contributed by atoms with Crippen molar-refractivity contribution in [2.45, 2.75) is 11.4 Å². The molecule has 0 aliphatic carbocycles. The number of sulfonamides is 1. The first-order chi connectivity index (χ1) is 10.7. The van der Waals surface area contributed by atoms with Gasteiger partial charge < -0.3 is 5.32 Å². The van der Waals surface area contributed by atoms with Crippen LogP contribution >= 0.6 is 15.9 Å². The predicted molar refractivity (Wildman–Crippen MR) is 91.8 cm³/mol. The molecule has 9 heteroatoms. The number of nitrogens with zero attached hydrogens (tertiary/aromatic N) is 3. The molecule has 0 unspecified atom stereocenters. The van der Waals surface area contributed by atoms with Crippen molar-refractivity contribution in [3.63, 3.8) is 0 Å². The lowest BCUT2D eigenvalue weighted by Gasteiger charge is -2.16. The third-order valence-corrected chi connectivity index (χ3v) is 5.96. The molecular weight excluding hydrogens is 384 g/mol. The van der Waals surface area contributed by atoms with Crippen LogP contribution in [0.25, 0.3) is 0 Å². The predicted octanol–water partition coefficient (Wildman–Crippen LogP) is 1.41. The molecule has 0 aliphatic heterocycles. The van der Waals surface area contributed by atoms with E-state index in [0.717, 1.165) is 0 Å². The maximum absolute atomic E-state index is 12.4. The number of aromatic nitrogens is 2. The van der Waals surface area contributed by atoms with Gasteiger partial charge in [0.25, 0.3) is 5.56 Å². The molecule has 1 aromatic heterocycles. The fourth-order valence-corrected chi connectivity index (χ4v) is 3.54. The average Bonchev–Trinajstić information content (AvgIpc) is 2.52. The van der Waals surface area contributed by atoms with Crippen LogP contribution in [0.15, 0.2) is 44.6 Å². The van der Waals surface area contributed by atoms with Crippen LogP contribution in [0.1, 0.15) is 5.56 Å². The quantitative estimate of drug-likeness (QED) is 0.819. The summed E-state index contributed by atoms with van der Waals surface area (Å²) in [7, 11) is 0.989. The van der Waals surface area contributed by atoms with E-state index in [4.69, 9.17) is 0 Å². The van der Waals surface area contributed by atoms with Crippen LogP contribution in [0.3, 0.4) is 0 Å². The molecular formula is C14H17BrN4O3S. The van der Waals surface area contributed by atoms with Gasteiger partial charge in [-0.2, -0.15) is 5.10 Å². The van der Waals surface area contributed by atoms with Crippen molar-refractivity contribution in [2.24, 2.45) is 7.05 Å². The van der Waals surface area contributed by atoms with Crippen LogP contribution < -0.4 is 10.9 Å². The van der Waals surface area contributed by atoms with Crippen LogP contribution in [0.5, 0.6) is 0 Å². The molecule has 2 aromatic rings. The minimum Gasteiger partial charge on any atom is -0.379 e. The summed E-state index contributed by atoms with van der Waals surface area (Å²) < 4.78 is 27.4. The minimum absolute atomic E-state index is 0.227. The highest BCUT2D eigenvalue weighted by molar-refractivity contribution is 9.10.